The smallest absolute Gasteiger partial charge is 0.239 e. The molecule has 2 aromatic carbocycles. The fourth-order valence-electron chi connectivity index (χ4n) is 6.77. The van der Waals surface area contributed by atoms with Crippen molar-refractivity contribution in [2.75, 3.05) is 6.54 Å². The SMILES string of the molecule is O=C(CNC(=O)C12CC3CC(CC(C3)C1)C2)N[C@@H](Cc1ccccc1)c1ccccc1. The van der Waals surface area contributed by atoms with Crippen LogP contribution >= 0.6 is 0 Å². The highest BCUT2D eigenvalue weighted by Crippen LogP contribution is 2.60. The first kappa shape index (κ1) is 20.3. The van der Waals surface area contributed by atoms with Gasteiger partial charge in [0.2, 0.25) is 11.8 Å². The van der Waals surface area contributed by atoms with Crippen LogP contribution in [0.1, 0.15) is 55.7 Å². The molecule has 162 valence electrons. The first-order valence-corrected chi connectivity index (χ1v) is 11.8. The second-order valence-electron chi connectivity index (χ2n) is 10.1. The standard InChI is InChI=1S/C27H32N2O2/c30-25(18-28-26(31)27-15-20-11-21(16-27)13-22(12-20)17-27)29-24(23-9-5-2-6-10-23)14-19-7-3-1-4-8-19/h1-10,20-22,24H,11-18H2,(H,28,31)(H,29,30)/t20?,21?,22?,24-,27?/m0/s1. The molecule has 1 atom stereocenters. The lowest BCUT2D eigenvalue weighted by Crippen LogP contribution is -2.54. The van der Waals surface area contributed by atoms with Crippen LogP contribution in [0.5, 0.6) is 0 Å². The third-order valence-electron chi connectivity index (χ3n) is 7.75. The number of amides is 2. The fourth-order valence-corrected chi connectivity index (χ4v) is 6.77. The van der Waals surface area contributed by atoms with E-state index in [-0.39, 0.29) is 29.8 Å². The number of carbonyl (C=O) groups excluding carboxylic acids is 2. The minimum Gasteiger partial charge on any atom is -0.347 e. The zero-order chi connectivity index (χ0) is 21.3. The van der Waals surface area contributed by atoms with Crippen molar-refractivity contribution in [2.45, 2.75) is 51.0 Å². The monoisotopic (exact) mass is 416 g/mol. The van der Waals surface area contributed by atoms with E-state index in [2.05, 4.69) is 22.8 Å². The molecule has 4 aliphatic rings. The van der Waals surface area contributed by atoms with Crippen molar-refractivity contribution < 1.29 is 9.59 Å². The van der Waals surface area contributed by atoms with Gasteiger partial charge in [-0.25, -0.2) is 0 Å². The highest BCUT2D eigenvalue weighted by atomic mass is 16.2. The molecule has 0 radical (unpaired) electrons. The summed E-state index contributed by atoms with van der Waals surface area (Å²) in [7, 11) is 0. The van der Waals surface area contributed by atoms with E-state index in [4.69, 9.17) is 0 Å². The van der Waals surface area contributed by atoms with Gasteiger partial charge in [0, 0.05) is 5.41 Å². The Morgan fingerprint density at radius 1 is 0.839 bits per heavy atom. The van der Waals surface area contributed by atoms with Crippen LogP contribution in [0, 0.1) is 23.2 Å². The largest absolute Gasteiger partial charge is 0.347 e. The van der Waals surface area contributed by atoms with Crippen molar-refractivity contribution in [3.05, 3.63) is 71.8 Å². The van der Waals surface area contributed by atoms with Gasteiger partial charge >= 0.3 is 0 Å². The first-order valence-electron chi connectivity index (χ1n) is 11.8. The maximum absolute atomic E-state index is 13.2. The Morgan fingerprint density at radius 3 is 1.97 bits per heavy atom. The molecule has 0 aromatic heterocycles. The van der Waals surface area contributed by atoms with Gasteiger partial charge in [0.05, 0.1) is 12.6 Å². The minimum absolute atomic E-state index is 0.0543. The summed E-state index contributed by atoms with van der Waals surface area (Å²) in [6.07, 6.45) is 7.72. The molecule has 31 heavy (non-hydrogen) atoms. The van der Waals surface area contributed by atoms with E-state index in [1.807, 2.05) is 48.5 Å². The predicted octanol–water partition coefficient (Wildman–Crippen LogP) is 4.42. The van der Waals surface area contributed by atoms with Crippen molar-refractivity contribution in [2.24, 2.45) is 23.2 Å². The Hall–Kier alpha value is -2.62. The lowest BCUT2D eigenvalue weighted by atomic mass is 9.49. The summed E-state index contributed by atoms with van der Waals surface area (Å²) >= 11 is 0. The molecule has 0 heterocycles. The number of nitrogens with one attached hydrogen (secondary N) is 2. The maximum atomic E-state index is 13.2. The van der Waals surface area contributed by atoms with Gasteiger partial charge in [-0.15, -0.1) is 0 Å². The number of benzene rings is 2. The molecule has 0 aliphatic heterocycles. The van der Waals surface area contributed by atoms with Crippen LogP contribution in [0.25, 0.3) is 0 Å². The zero-order valence-corrected chi connectivity index (χ0v) is 18.1. The third-order valence-corrected chi connectivity index (χ3v) is 7.75. The van der Waals surface area contributed by atoms with Gasteiger partial charge in [-0.1, -0.05) is 60.7 Å². The van der Waals surface area contributed by atoms with Crippen LogP contribution in [0.15, 0.2) is 60.7 Å². The van der Waals surface area contributed by atoms with Crippen LogP contribution in [-0.4, -0.2) is 18.4 Å². The summed E-state index contributed by atoms with van der Waals surface area (Å²) in [5, 5.41) is 6.17. The lowest BCUT2D eigenvalue weighted by molar-refractivity contribution is -0.147. The molecule has 0 spiro atoms. The molecule has 4 saturated carbocycles. The Bertz CT molecular complexity index is 889. The minimum atomic E-state index is -0.210. The molecule has 0 saturated heterocycles. The van der Waals surface area contributed by atoms with E-state index in [0.717, 1.165) is 49.0 Å². The molecule has 0 unspecified atom stereocenters. The molecule has 2 amide bonds. The highest BCUT2D eigenvalue weighted by molar-refractivity contribution is 5.88. The van der Waals surface area contributed by atoms with E-state index in [1.165, 1.54) is 24.8 Å². The maximum Gasteiger partial charge on any atom is 0.239 e. The summed E-state index contributed by atoms with van der Waals surface area (Å²) in [6, 6.07) is 20.1. The highest BCUT2D eigenvalue weighted by Gasteiger charge is 2.54. The van der Waals surface area contributed by atoms with Crippen molar-refractivity contribution >= 4 is 11.8 Å². The molecule has 2 N–H and O–H groups in total. The number of rotatable bonds is 7. The molecule has 2 aromatic rings. The zero-order valence-electron chi connectivity index (χ0n) is 18.1. The van der Waals surface area contributed by atoms with Crippen LogP contribution in [-0.2, 0) is 16.0 Å². The Morgan fingerprint density at radius 2 is 1.39 bits per heavy atom. The van der Waals surface area contributed by atoms with Gasteiger partial charge in [0.25, 0.3) is 0 Å². The molecule has 4 bridgehead atoms. The van der Waals surface area contributed by atoms with Crippen LogP contribution < -0.4 is 10.6 Å². The summed E-state index contributed by atoms with van der Waals surface area (Å²) in [5.74, 6) is 2.15. The van der Waals surface area contributed by atoms with Crippen LogP contribution in [0.4, 0.5) is 0 Å². The first-order chi connectivity index (χ1) is 15.1. The molecule has 4 aliphatic carbocycles. The normalized spacial score (nSPS) is 29.4. The number of hydrogen-bond acceptors (Lipinski definition) is 2. The van der Waals surface area contributed by atoms with Crippen LogP contribution in [0.2, 0.25) is 0 Å². The number of hydrogen-bond donors (Lipinski definition) is 2. The average molecular weight is 417 g/mol. The van der Waals surface area contributed by atoms with Gasteiger partial charge in [0.15, 0.2) is 0 Å². The predicted molar refractivity (Wildman–Crippen MR) is 121 cm³/mol. The quantitative estimate of drug-likeness (QED) is 0.702. The van der Waals surface area contributed by atoms with Gasteiger partial charge in [-0.3, -0.25) is 9.59 Å². The van der Waals surface area contributed by atoms with Gasteiger partial charge in [-0.05, 0) is 73.8 Å². The Balaban J connectivity index is 1.21. The van der Waals surface area contributed by atoms with Gasteiger partial charge in [0.1, 0.15) is 0 Å². The van der Waals surface area contributed by atoms with Crippen molar-refractivity contribution in [1.82, 2.24) is 10.6 Å². The van der Waals surface area contributed by atoms with Gasteiger partial charge < -0.3 is 10.6 Å². The lowest BCUT2D eigenvalue weighted by Gasteiger charge is -2.55. The average Bonchev–Trinajstić information content (AvgIpc) is 2.77. The Labute approximate surface area is 184 Å². The van der Waals surface area contributed by atoms with E-state index in [0.29, 0.717) is 0 Å². The van der Waals surface area contributed by atoms with Crippen molar-refractivity contribution in [3.63, 3.8) is 0 Å². The molecule has 4 heteroatoms. The molecular weight excluding hydrogens is 384 g/mol. The van der Waals surface area contributed by atoms with Crippen molar-refractivity contribution in [1.29, 1.82) is 0 Å². The molecule has 4 nitrogen and oxygen atoms in total. The second kappa shape index (κ2) is 8.49. The van der Waals surface area contributed by atoms with Crippen molar-refractivity contribution in [3.8, 4) is 0 Å². The fraction of sp³-hybridized carbons (Fsp3) is 0.481. The molecular formula is C27H32N2O2. The third kappa shape index (κ3) is 4.39. The second-order valence-corrected chi connectivity index (χ2v) is 10.1. The topological polar surface area (TPSA) is 58.2 Å². The molecule has 6 rings (SSSR count). The summed E-state index contributed by atoms with van der Waals surface area (Å²) in [4.78, 5) is 26.0. The van der Waals surface area contributed by atoms with E-state index < -0.39 is 0 Å². The van der Waals surface area contributed by atoms with Crippen LogP contribution in [0.3, 0.4) is 0 Å². The summed E-state index contributed by atoms with van der Waals surface area (Å²) in [6.45, 7) is 0.0543. The molecule has 4 fully saturated rings. The summed E-state index contributed by atoms with van der Waals surface area (Å²) < 4.78 is 0. The Kier molecular flexibility index (Phi) is 5.56. The summed E-state index contributed by atoms with van der Waals surface area (Å²) in [5.41, 5.74) is 2.04. The van der Waals surface area contributed by atoms with E-state index in [9.17, 15) is 9.59 Å². The number of carbonyl (C=O) groups is 2. The van der Waals surface area contributed by atoms with E-state index in [1.54, 1.807) is 0 Å². The van der Waals surface area contributed by atoms with E-state index >= 15 is 0 Å². The van der Waals surface area contributed by atoms with Gasteiger partial charge in [-0.2, -0.15) is 0 Å².